The first kappa shape index (κ1) is 19.4. The first-order chi connectivity index (χ1) is 28.4. The second kappa shape index (κ2) is 11.1. The predicted octanol–water partition coefficient (Wildman–Crippen LogP) is 13.7. The minimum absolute atomic E-state index is 0.120. The van der Waals surface area contributed by atoms with E-state index in [-0.39, 0.29) is 59.5 Å². The number of benzene rings is 9. The van der Waals surface area contributed by atoms with Crippen LogP contribution in [0.4, 0.5) is 0 Å². The van der Waals surface area contributed by atoms with Gasteiger partial charge in [-0.3, -0.25) is 0 Å². The molecule has 1 heteroatoms. The van der Waals surface area contributed by atoms with Crippen molar-refractivity contribution in [3.63, 3.8) is 0 Å². The number of rotatable bonds is 4. The molecular formula is C48H30O. The van der Waals surface area contributed by atoms with Gasteiger partial charge in [-0.15, -0.1) is 0 Å². The number of hydrogen-bond acceptors (Lipinski definition) is 1. The molecule has 0 N–H and O–H groups in total. The number of fused-ring (bicyclic) bond motifs is 6. The lowest BCUT2D eigenvalue weighted by Gasteiger charge is -2.18. The van der Waals surface area contributed by atoms with Gasteiger partial charge in [-0.05, 0) is 107 Å². The van der Waals surface area contributed by atoms with Crippen molar-refractivity contribution in [3.05, 3.63) is 182 Å². The average molecular weight is 633 g/mol. The third-order valence-electron chi connectivity index (χ3n) is 9.40. The van der Waals surface area contributed by atoms with Gasteiger partial charge >= 0.3 is 0 Å². The standard InChI is InChI=1S/C48H30O/c1-3-12-31(13-4-1)33-22-23-35-29-37(25-24-34(35)28-33)46-38-16-7-9-18-40(38)47(41-19-10-8-17-39(41)46)43-20-11-21-44-48(43)42-27-26-36(30-45(42)49-44)32-14-5-2-6-15-32/h1-30H/i1D,2D,3D,4D,5D,6D,12D,13D,14D,15D. The summed E-state index contributed by atoms with van der Waals surface area (Å²) in [6.45, 7) is 0. The van der Waals surface area contributed by atoms with Gasteiger partial charge in [0.15, 0.2) is 0 Å². The van der Waals surface area contributed by atoms with Crippen molar-refractivity contribution in [1.82, 2.24) is 0 Å². The molecule has 9 aromatic carbocycles. The molecule has 10 rings (SSSR count). The summed E-state index contributed by atoms with van der Waals surface area (Å²) in [5, 5.41) is 7.71. The third-order valence-corrected chi connectivity index (χ3v) is 9.40. The molecule has 0 fully saturated rings. The minimum atomic E-state index is -0.437. The highest BCUT2D eigenvalue weighted by atomic mass is 16.3. The van der Waals surface area contributed by atoms with Crippen LogP contribution < -0.4 is 0 Å². The largest absolute Gasteiger partial charge is 0.456 e. The van der Waals surface area contributed by atoms with Crippen molar-refractivity contribution < 1.29 is 18.1 Å². The van der Waals surface area contributed by atoms with Gasteiger partial charge in [0.25, 0.3) is 0 Å². The summed E-state index contributed by atoms with van der Waals surface area (Å²) in [6.07, 6.45) is 0. The quantitative estimate of drug-likeness (QED) is 0.176. The van der Waals surface area contributed by atoms with Crippen LogP contribution in [-0.4, -0.2) is 0 Å². The SMILES string of the molecule is [2H]c1c([2H])c([2H])c(-c2ccc3cc(-c4c5ccccc5c(-c5cccc6oc7cc(-c8c([2H])c([2H])c([2H])c([2H])c8[2H])ccc7c56)c5ccccc45)ccc3c2)c([2H])c1[2H]. The molecule has 0 atom stereocenters. The van der Waals surface area contributed by atoms with Crippen LogP contribution in [0.1, 0.15) is 13.7 Å². The van der Waals surface area contributed by atoms with Gasteiger partial charge in [0.05, 0.1) is 13.7 Å². The van der Waals surface area contributed by atoms with Gasteiger partial charge in [-0.1, -0.05) is 151 Å². The zero-order valence-corrected chi connectivity index (χ0v) is 26.0. The maximum absolute atomic E-state index is 8.55. The van der Waals surface area contributed by atoms with Crippen molar-refractivity contribution >= 4 is 54.3 Å². The summed E-state index contributed by atoms with van der Waals surface area (Å²) in [4.78, 5) is 0. The van der Waals surface area contributed by atoms with Crippen molar-refractivity contribution in [2.75, 3.05) is 0 Å². The van der Waals surface area contributed by atoms with Crippen LogP contribution in [0.2, 0.25) is 0 Å². The van der Waals surface area contributed by atoms with Crippen LogP contribution in [0.15, 0.2) is 186 Å². The Labute approximate surface area is 298 Å². The Hall–Kier alpha value is -6.44. The lowest BCUT2D eigenvalue weighted by Crippen LogP contribution is -1.91. The molecule has 1 aromatic heterocycles. The Morgan fingerprint density at radius 2 is 0.898 bits per heavy atom. The minimum Gasteiger partial charge on any atom is -0.456 e. The second-order valence-corrected chi connectivity index (χ2v) is 12.1. The zero-order valence-electron chi connectivity index (χ0n) is 36.0. The van der Waals surface area contributed by atoms with Crippen molar-refractivity contribution in [1.29, 1.82) is 0 Å². The normalized spacial score (nSPS) is 14.5. The van der Waals surface area contributed by atoms with E-state index in [9.17, 15) is 0 Å². The maximum atomic E-state index is 8.55. The third kappa shape index (κ3) is 4.47. The molecule has 0 spiro atoms. The fraction of sp³-hybridized carbons (Fsp3) is 0. The van der Waals surface area contributed by atoms with Gasteiger partial charge in [-0.25, -0.2) is 0 Å². The highest BCUT2D eigenvalue weighted by molar-refractivity contribution is 6.26. The molecule has 1 heterocycles. The molecule has 10 aromatic rings. The summed E-state index contributed by atoms with van der Waals surface area (Å²) in [6, 6.07) is 36.5. The maximum Gasteiger partial charge on any atom is 0.136 e. The summed E-state index contributed by atoms with van der Waals surface area (Å²) in [5.41, 5.74) is 6.56. The average Bonchev–Trinajstić information content (AvgIpc) is 3.64. The fourth-order valence-electron chi connectivity index (χ4n) is 7.26. The Balaban J connectivity index is 1.16. The fourth-order valence-corrected chi connectivity index (χ4v) is 7.26. The van der Waals surface area contributed by atoms with E-state index in [4.69, 9.17) is 18.1 Å². The summed E-state index contributed by atoms with van der Waals surface area (Å²) >= 11 is 0. The van der Waals surface area contributed by atoms with Gasteiger partial charge in [-0.2, -0.15) is 0 Å². The van der Waals surface area contributed by atoms with Crippen molar-refractivity contribution in [2.24, 2.45) is 0 Å². The van der Waals surface area contributed by atoms with Crippen LogP contribution in [0.5, 0.6) is 0 Å². The lowest BCUT2D eigenvalue weighted by molar-refractivity contribution is 0.669. The summed E-state index contributed by atoms with van der Waals surface area (Å²) in [7, 11) is 0. The van der Waals surface area contributed by atoms with E-state index in [0.29, 0.717) is 22.3 Å². The van der Waals surface area contributed by atoms with Gasteiger partial charge in [0, 0.05) is 10.8 Å². The Morgan fingerprint density at radius 1 is 0.367 bits per heavy atom. The molecule has 228 valence electrons. The molecule has 1 nitrogen and oxygen atoms in total. The van der Waals surface area contributed by atoms with Crippen LogP contribution in [-0.2, 0) is 0 Å². The van der Waals surface area contributed by atoms with Crippen LogP contribution in [0, 0.1) is 0 Å². The molecule has 0 saturated carbocycles. The monoisotopic (exact) mass is 632 g/mol. The van der Waals surface area contributed by atoms with Crippen molar-refractivity contribution in [2.45, 2.75) is 0 Å². The number of furan rings is 1. The van der Waals surface area contributed by atoms with E-state index in [1.54, 1.807) is 12.1 Å². The van der Waals surface area contributed by atoms with E-state index < -0.39 is 12.1 Å². The van der Waals surface area contributed by atoms with E-state index in [1.165, 1.54) is 0 Å². The van der Waals surface area contributed by atoms with Crippen molar-refractivity contribution in [3.8, 4) is 44.5 Å². The Morgan fingerprint density at radius 3 is 1.53 bits per heavy atom. The smallest absolute Gasteiger partial charge is 0.136 e. The molecule has 0 saturated heterocycles. The first-order valence-electron chi connectivity index (χ1n) is 21.0. The molecular weight excluding hydrogens is 593 g/mol. The van der Waals surface area contributed by atoms with Gasteiger partial charge < -0.3 is 4.42 Å². The molecule has 49 heavy (non-hydrogen) atoms. The Kier molecular flexibility index (Phi) is 4.39. The van der Waals surface area contributed by atoms with E-state index in [0.717, 1.165) is 65.3 Å². The van der Waals surface area contributed by atoms with Gasteiger partial charge in [0.1, 0.15) is 11.2 Å². The van der Waals surface area contributed by atoms with E-state index in [1.807, 2.05) is 66.7 Å². The Bertz CT molecular complexity index is 3350. The molecule has 0 aliphatic carbocycles. The summed E-state index contributed by atoms with van der Waals surface area (Å²) < 4.78 is 89.4. The molecule has 0 amide bonds. The molecule has 0 radical (unpaired) electrons. The first-order valence-corrected chi connectivity index (χ1v) is 16.0. The second-order valence-electron chi connectivity index (χ2n) is 12.1. The van der Waals surface area contributed by atoms with E-state index >= 15 is 0 Å². The van der Waals surface area contributed by atoms with Crippen LogP contribution >= 0.6 is 0 Å². The molecule has 0 aliphatic heterocycles. The molecule has 0 bridgehead atoms. The highest BCUT2D eigenvalue weighted by Gasteiger charge is 2.20. The topological polar surface area (TPSA) is 13.1 Å². The lowest BCUT2D eigenvalue weighted by atomic mass is 9.84. The highest BCUT2D eigenvalue weighted by Crippen LogP contribution is 2.47. The number of hydrogen-bond donors (Lipinski definition) is 0. The predicted molar refractivity (Wildman–Crippen MR) is 208 cm³/mol. The van der Waals surface area contributed by atoms with Gasteiger partial charge in [0.2, 0.25) is 0 Å². The van der Waals surface area contributed by atoms with Crippen LogP contribution in [0.25, 0.3) is 98.8 Å². The summed E-state index contributed by atoms with van der Waals surface area (Å²) in [5.74, 6) is 0. The zero-order chi connectivity index (χ0) is 41.0. The molecule has 0 aliphatic rings. The molecule has 0 unspecified atom stereocenters. The van der Waals surface area contributed by atoms with Crippen LogP contribution in [0.3, 0.4) is 0 Å². The van der Waals surface area contributed by atoms with E-state index in [2.05, 4.69) is 42.5 Å².